The minimum Gasteiger partial charge on any atom is -0.493 e. The Balaban J connectivity index is 1.50. The standard InChI is InChI=1S/C31H35F3N2O5S/c1-5-26-24(35-28(42-26)20-6-10-21(11-7-20)31(32,33)34)15-17-40-25-12-8-19(9-13-27(37)38)23-18-36(16-14-22(23)25)29(39)41-30(2,3)4/h6-8,10-12H,5,9,13-18H2,1-4H3,(H,37,38). The summed E-state index contributed by atoms with van der Waals surface area (Å²) < 4.78 is 50.7. The molecule has 1 aliphatic rings. The molecule has 0 bridgehead atoms. The van der Waals surface area contributed by atoms with Crippen LogP contribution in [-0.2, 0) is 47.9 Å². The van der Waals surface area contributed by atoms with E-state index in [1.165, 1.54) is 23.5 Å². The van der Waals surface area contributed by atoms with Crippen LogP contribution in [0.15, 0.2) is 36.4 Å². The molecule has 42 heavy (non-hydrogen) atoms. The van der Waals surface area contributed by atoms with E-state index < -0.39 is 29.4 Å². The van der Waals surface area contributed by atoms with Gasteiger partial charge in [-0.1, -0.05) is 25.1 Å². The third kappa shape index (κ3) is 7.81. The molecule has 1 aromatic heterocycles. The third-order valence-electron chi connectivity index (χ3n) is 6.88. The van der Waals surface area contributed by atoms with Crippen LogP contribution in [0.2, 0.25) is 0 Å². The lowest BCUT2D eigenvalue weighted by atomic mass is 9.92. The monoisotopic (exact) mass is 604 g/mol. The fourth-order valence-electron chi connectivity index (χ4n) is 4.84. The van der Waals surface area contributed by atoms with Crippen molar-refractivity contribution in [1.82, 2.24) is 9.88 Å². The molecular formula is C31H35F3N2O5S. The van der Waals surface area contributed by atoms with Crippen LogP contribution in [0.25, 0.3) is 10.6 Å². The molecule has 4 rings (SSSR count). The van der Waals surface area contributed by atoms with Gasteiger partial charge in [-0.3, -0.25) is 4.79 Å². The highest BCUT2D eigenvalue weighted by molar-refractivity contribution is 7.15. The minimum absolute atomic E-state index is 0.0238. The molecule has 11 heteroatoms. The van der Waals surface area contributed by atoms with Crippen molar-refractivity contribution < 1.29 is 37.3 Å². The summed E-state index contributed by atoms with van der Waals surface area (Å²) in [5.41, 5.74) is 2.86. The first kappa shape index (κ1) is 31.3. The number of aliphatic carboxylic acids is 1. The van der Waals surface area contributed by atoms with Gasteiger partial charge in [-0.25, -0.2) is 9.78 Å². The van der Waals surface area contributed by atoms with Crippen molar-refractivity contribution >= 4 is 23.4 Å². The third-order valence-corrected chi connectivity index (χ3v) is 8.17. The highest BCUT2D eigenvalue weighted by Gasteiger charge is 2.31. The lowest BCUT2D eigenvalue weighted by Crippen LogP contribution is -2.40. The summed E-state index contributed by atoms with van der Waals surface area (Å²) in [5.74, 6) is -0.210. The molecule has 2 aromatic carbocycles. The maximum Gasteiger partial charge on any atom is 0.416 e. The van der Waals surface area contributed by atoms with Crippen LogP contribution in [0.5, 0.6) is 5.75 Å². The van der Waals surface area contributed by atoms with Gasteiger partial charge in [0.15, 0.2) is 0 Å². The second-order valence-electron chi connectivity index (χ2n) is 11.1. The molecule has 0 radical (unpaired) electrons. The quantitative estimate of drug-likeness (QED) is 0.275. The molecule has 0 saturated carbocycles. The lowest BCUT2D eigenvalue weighted by Gasteiger charge is -2.33. The Kier molecular flexibility index (Phi) is 9.50. The van der Waals surface area contributed by atoms with E-state index in [0.717, 1.165) is 45.8 Å². The number of benzene rings is 2. The van der Waals surface area contributed by atoms with Crippen LogP contribution in [0, 0.1) is 0 Å². The average molecular weight is 605 g/mol. The van der Waals surface area contributed by atoms with Gasteiger partial charge in [0.05, 0.1) is 17.9 Å². The Labute approximate surface area is 247 Å². The van der Waals surface area contributed by atoms with Crippen molar-refractivity contribution in [2.45, 2.75) is 78.1 Å². The predicted molar refractivity (Wildman–Crippen MR) is 154 cm³/mol. The molecule has 0 unspecified atom stereocenters. The fraction of sp³-hybridized carbons (Fsp3) is 0.452. The Morgan fingerprint density at radius 2 is 1.76 bits per heavy atom. The molecular weight excluding hydrogens is 569 g/mol. The number of alkyl halides is 3. The van der Waals surface area contributed by atoms with Crippen LogP contribution in [0.1, 0.15) is 66.9 Å². The van der Waals surface area contributed by atoms with Crippen molar-refractivity contribution in [3.05, 3.63) is 69.2 Å². The summed E-state index contributed by atoms with van der Waals surface area (Å²) in [6, 6.07) is 8.74. The summed E-state index contributed by atoms with van der Waals surface area (Å²) in [6.07, 6.45) is -2.69. The van der Waals surface area contributed by atoms with Gasteiger partial charge in [0.1, 0.15) is 16.4 Å². The molecule has 2 heterocycles. The molecule has 0 spiro atoms. The number of aromatic nitrogens is 1. The van der Waals surface area contributed by atoms with Crippen LogP contribution in [-0.4, -0.2) is 45.8 Å². The summed E-state index contributed by atoms with van der Waals surface area (Å²) in [7, 11) is 0. The zero-order valence-electron chi connectivity index (χ0n) is 24.1. The highest BCUT2D eigenvalue weighted by atomic mass is 32.1. The number of nitrogens with zero attached hydrogens (tertiary/aromatic N) is 2. The van der Waals surface area contributed by atoms with Gasteiger partial charge in [-0.2, -0.15) is 13.2 Å². The van der Waals surface area contributed by atoms with Gasteiger partial charge in [-0.15, -0.1) is 11.3 Å². The normalized spacial score (nSPS) is 13.5. The van der Waals surface area contributed by atoms with Gasteiger partial charge >= 0.3 is 18.2 Å². The number of aryl methyl sites for hydroxylation is 2. The Morgan fingerprint density at radius 1 is 1.05 bits per heavy atom. The minimum atomic E-state index is -4.39. The molecule has 0 fully saturated rings. The van der Waals surface area contributed by atoms with Gasteiger partial charge < -0.3 is 19.5 Å². The second kappa shape index (κ2) is 12.7. The van der Waals surface area contributed by atoms with E-state index in [1.807, 2.05) is 39.8 Å². The Hall–Kier alpha value is -3.60. The van der Waals surface area contributed by atoms with Crippen LogP contribution in [0.3, 0.4) is 0 Å². The summed E-state index contributed by atoms with van der Waals surface area (Å²) in [4.78, 5) is 31.4. The zero-order valence-corrected chi connectivity index (χ0v) is 25.0. The number of amides is 1. The van der Waals surface area contributed by atoms with Crippen molar-refractivity contribution in [3.8, 4) is 16.3 Å². The first-order valence-electron chi connectivity index (χ1n) is 13.9. The number of fused-ring (bicyclic) bond motifs is 1. The number of hydrogen-bond donors (Lipinski definition) is 1. The van der Waals surface area contributed by atoms with Crippen LogP contribution in [0.4, 0.5) is 18.0 Å². The molecule has 1 N–H and O–H groups in total. The molecule has 0 saturated heterocycles. The second-order valence-corrected chi connectivity index (χ2v) is 12.2. The smallest absolute Gasteiger partial charge is 0.416 e. The number of thiazole rings is 1. The Morgan fingerprint density at radius 3 is 2.38 bits per heavy atom. The fourth-order valence-corrected chi connectivity index (χ4v) is 5.89. The number of carbonyl (C=O) groups excluding carboxylic acids is 1. The number of halogens is 3. The lowest BCUT2D eigenvalue weighted by molar-refractivity contribution is -0.138. The molecule has 1 aliphatic heterocycles. The van der Waals surface area contributed by atoms with Crippen molar-refractivity contribution in [2.75, 3.05) is 13.2 Å². The first-order chi connectivity index (χ1) is 19.7. The molecule has 226 valence electrons. The topological polar surface area (TPSA) is 89.0 Å². The number of rotatable bonds is 9. The number of hydrogen-bond acceptors (Lipinski definition) is 6. The summed E-state index contributed by atoms with van der Waals surface area (Å²) >= 11 is 1.47. The van der Waals surface area contributed by atoms with Crippen molar-refractivity contribution in [2.24, 2.45) is 0 Å². The van der Waals surface area contributed by atoms with E-state index in [2.05, 4.69) is 0 Å². The number of carboxylic acids is 1. The van der Waals surface area contributed by atoms with Crippen molar-refractivity contribution in [3.63, 3.8) is 0 Å². The number of carbonyl (C=O) groups is 2. The summed E-state index contributed by atoms with van der Waals surface area (Å²) in [6.45, 7) is 8.53. The van der Waals surface area contributed by atoms with E-state index >= 15 is 0 Å². The number of ether oxygens (including phenoxy) is 2. The average Bonchev–Trinajstić information content (AvgIpc) is 3.34. The summed E-state index contributed by atoms with van der Waals surface area (Å²) in [5, 5.41) is 9.89. The van der Waals surface area contributed by atoms with E-state index in [-0.39, 0.29) is 6.42 Å². The highest BCUT2D eigenvalue weighted by Crippen LogP contribution is 2.35. The zero-order chi connectivity index (χ0) is 30.7. The van der Waals surface area contributed by atoms with Crippen LogP contribution < -0.4 is 4.74 Å². The van der Waals surface area contributed by atoms with Crippen LogP contribution >= 0.6 is 11.3 Å². The van der Waals surface area contributed by atoms with E-state index in [4.69, 9.17) is 14.5 Å². The molecule has 0 atom stereocenters. The maximum atomic E-state index is 13.0. The number of carboxylic acid groups (broad SMARTS) is 1. The van der Waals surface area contributed by atoms with Gasteiger partial charge in [0.2, 0.25) is 0 Å². The SMILES string of the molecule is CCc1sc(-c2ccc(C(F)(F)F)cc2)nc1CCOc1ccc(CCC(=O)O)c2c1CCN(C(=O)OC(C)(C)C)C2. The Bertz CT molecular complexity index is 1430. The predicted octanol–water partition coefficient (Wildman–Crippen LogP) is 7.32. The van der Waals surface area contributed by atoms with E-state index in [0.29, 0.717) is 55.3 Å². The van der Waals surface area contributed by atoms with E-state index in [1.54, 1.807) is 4.90 Å². The molecule has 0 aliphatic carbocycles. The van der Waals surface area contributed by atoms with Crippen molar-refractivity contribution in [1.29, 1.82) is 0 Å². The van der Waals surface area contributed by atoms with E-state index in [9.17, 15) is 27.9 Å². The first-order valence-corrected chi connectivity index (χ1v) is 14.7. The molecule has 7 nitrogen and oxygen atoms in total. The maximum absolute atomic E-state index is 13.0. The molecule has 1 amide bonds. The molecule has 3 aromatic rings. The largest absolute Gasteiger partial charge is 0.493 e. The van der Waals surface area contributed by atoms with Gasteiger partial charge in [-0.05, 0) is 69.4 Å². The van der Waals surface area contributed by atoms with Gasteiger partial charge in [0, 0.05) is 41.9 Å². The van der Waals surface area contributed by atoms with Gasteiger partial charge in [0.25, 0.3) is 0 Å².